The Kier molecular flexibility index (Phi) is 6.03. The van der Waals surface area contributed by atoms with E-state index in [1.54, 1.807) is 6.07 Å². The van der Waals surface area contributed by atoms with E-state index in [0.29, 0.717) is 18.2 Å². The molecule has 0 unspecified atom stereocenters. The fourth-order valence-corrected chi connectivity index (χ4v) is 2.43. The Morgan fingerprint density at radius 2 is 2.00 bits per heavy atom. The van der Waals surface area contributed by atoms with Gasteiger partial charge in [0.2, 0.25) is 5.09 Å². The minimum atomic E-state index is -3.46. The highest BCUT2D eigenvalue weighted by Crippen LogP contribution is 2.16. The van der Waals surface area contributed by atoms with Crippen LogP contribution in [-0.2, 0) is 16.6 Å². The summed E-state index contributed by atoms with van der Waals surface area (Å²) in [6.07, 6.45) is 2.30. The van der Waals surface area contributed by atoms with E-state index in [-0.39, 0.29) is 5.09 Å². The summed E-state index contributed by atoms with van der Waals surface area (Å²) in [5.74, 6) is 1.35. The number of nitrogens with one attached hydrogen (secondary N) is 1. The molecule has 5 nitrogen and oxygen atoms in total. The Morgan fingerprint density at radius 3 is 2.58 bits per heavy atom. The molecule has 1 heterocycles. The van der Waals surface area contributed by atoms with Gasteiger partial charge in [0.25, 0.3) is 10.0 Å². The average molecular weight is 288 g/mol. The van der Waals surface area contributed by atoms with Crippen LogP contribution >= 0.6 is 0 Å². The van der Waals surface area contributed by atoms with E-state index in [0.717, 1.165) is 17.3 Å². The third kappa shape index (κ3) is 4.97. The van der Waals surface area contributed by atoms with Crippen LogP contribution in [0.5, 0.6) is 0 Å². The van der Waals surface area contributed by atoms with Crippen LogP contribution in [0.15, 0.2) is 21.6 Å². The van der Waals surface area contributed by atoms with Gasteiger partial charge in [-0.05, 0) is 37.4 Å². The van der Waals surface area contributed by atoms with Gasteiger partial charge in [-0.15, -0.1) is 0 Å². The van der Waals surface area contributed by atoms with Crippen molar-refractivity contribution < 1.29 is 12.8 Å². The molecule has 6 heteroatoms. The third-order valence-corrected chi connectivity index (χ3v) is 4.50. The fraction of sp³-hybridized carbons (Fsp3) is 0.692. The molecule has 1 N–H and O–H groups in total. The number of sulfonamides is 1. The first-order chi connectivity index (χ1) is 8.84. The van der Waals surface area contributed by atoms with Gasteiger partial charge in [0, 0.05) is 14.1 Å². The lowest BCUT2D eigenvalue weighted by molar-refractivity contribution is 0.387. The van der Waals surface area contributed by atoms with Gasteiger partial charge in [0.15, 0.2) is 0 Å². The second-order valence-electron chi connectivity index (χ2n) is 5.22. The number of rotatable bonds is 8. The summed E-state index contributed by atoms with van der Waals surface area (Å²) < 4.78 is 30.1. The molecule has 0 fully saturated rings. The second kappa shape index (κ2) is 7.07. The zero-order valence-electron chi connectivity index (χ0n) is 12.1. The van der Waals surface area contributed by atoms with E-state index < -0.39 is 10.0 Å². The summed E-state index contributed by atoms with van der Waals surface area (Å²) in [7, 11) is -0.488. The highest BCUT2D eigenvalue weighted by atomic mass is 32.2. The van der Waals surface area contributed by atoms with Crippen LogP contribution in [0.4, 0.5) is 0 Å². The molecule has 0 aliphatic rings. The van der Waals surface area contributed by atoms with E-state index in [4.69, 9.17) is 4.42 Å². The van der Waals surface area contributed by atoms with E-state index in [1.807, 2.05) is 0 Å². The number of nitrogens with zero attached hydrogens (tertiary/aromatic N) is 1. The van der Waals surface area contributed by atoms with Crippen molar-refractivity contribution in [2.75, 3.05) is 20.6 Å². The first kappa shape index (κ1) is 16.2. The van der Waals surface area contributed by atoms with Crippen LogP contribution in [0.1, 0.15) is 32.4 Å². The predicted octanol–water partition coefficient (Wildman–Crippen LogP) is 2.06. The number of hydrogen-bond donors (Lipinski definition) is 1. The summed E-state index contributed by atoms with van der Waals surface area (Å²) in [4.78, 5) is 0. The van der Waals surface area contributed by atoms with Crippen molar-refractivity contribution in [1.82, 2.24) is 9.62 Å². The van der Waals surface area contributed by atoms with Gasteiger partial charge in [0.05, 0.1) is 6.54 Å². The minimum Gasteiger partial charge on any atom is -0.447 e. The van der Waals surface area contributed by atoms with Crippen molar-refractivity contribution >= 4 is 10.0 Å². The molecular formula is C13H24N2O3S. The molecule has 1 aromatic rings. The normalized spacial score (nSPS) is 12.5. The van der Waals surface area contributed by atoms with E-state index in [1.165, 1.54) is 26.6 Å². The summed E-state index contributed by atoms with van der Waals surface area (Å²) in [6, 6.07) is 3.20. The molecule has 0 aliphatic heterocycles. The second-order valence-corrected chi connectivity index (χ2v) is 7.30. The summed E-state index contributed by atoms with van der Waals surface area (Å²) in [6.45, 7) is 5.87. The van der Waals surface area contributed by atoms with Gasteiger partial charge in [-0.25, -0.2) is 12.7 Å². The van der Waals surface area contributed by atoms with Crippen molar-refractivity contribution in [1.29, 1.82) is 0 Å². The SMILES string of the molecule is CC(C)CCCNCc1ccc(S(=O)(=O)N(C)C)o1. The van der Waals surface area contributed by atoms with Crippen molar-refractivity contribution in [3.05, 3.63) is 17.9 Å². The third-order valence-electron chi connectivity index (χ3n) is 2.81. The lowest BCUT2D eigenvalue weighted by atomic mass is 10.1. The van der Waals surface area contributed by atoms with Gasteiger partial charge in [0.1, 0.15) is 5.76 Å². The van der Waals surface area contributed by atoms with E-state index >= 15 is 0 Å². The number of hydrogen-bond acceptors (Lipinski definition) is 4. The lowest BCUT2D eigenvalue weighted by Gasteiger charge is -2.08. The summed E-state index contributed by atoms with van der Waals surface area (Å²) >= 11 is 0. The summed E-state index contributed by atoms with van der Waals surface area (Å²) in [5, 5.41) is 3.25. The highest BCUT2D eigenvalue weighted by Gasteiger charge is 2.21. The molecule has 0 spiro atoms. The van der Waals surface area contributed by atoms with Crippen LogP contribution in [0, 0.1) is 5.92 Å². The lowest BCUT2D eigenvalue weighted by Crippen LogP contribution is -2.21. The smallest absolute Gasteiger partial charge is 0.275 e. The maximum atomic E-state index is 11.8. The van der Waals surface area contributed by atoms with Gasteiger partial charge < -0.3 is 9.73 Å². The van der Waals surface area contributed by atoms with Crippen LogP contribution in [0.2, 0.25) is 0 Å². The van der Waals surface area contributed by atoms with Crippen molar-refractivity contribution in [3.63, 3.8) is 0 Å². The molecule has 0 bridgehead atoms. The molecule has 110 valence electrons. The topological polar surface area (TPSA) is 62.6 Å². The Balaban J connectivity index is 2.44. The largest absolute Gasteiger partial charge is 0.447 e. The Morgan fingerprint density at radius 1 is 1.32 bits per heavy atom. The fourth-order valence-electron chi connectivity index (χ4n) is 1.62. The van der Waals surface area contributed by atoms with E-state index in [9.17, 15) is 8.42 Å². The molecule has 0 saturated carbocycles. The maximum absolute atomic E-state index is 11.8. The molecule has 1 rings (SSSR count). The Hall–Kier alpha value is -0.850. The number of furan rings is 1. The van der Waals surface area contributed by atoms with Crippen molar-refractivity contribution in [2.24, 2.45) is 5.92 Å². The molecule has 0 saturated heterocycles. The molecule has 0 aliphatic carbocycles. The van der Waals surface area contributed by atoms with Crippen molar-refractivity contribution in [2.45, 2.75) is 38.3 Å². The van der Waals surface area contributed by atoms with Crippen LogP contribution in [0.25, 0.3) is 0 Å². The molecular weight excluding hydrogens is 264 g/mol. The predicted molar refractivity (Wildman–Crippen MR) is 75.4 cm³/mol. The molecule has 0 aromatic carbocycles. The minimum absolute atomic E-state index is 0.00326. The van der Waals surface area contributed by atoms with Crippen LogP contribution in [-0.4, -0.2) is 33.4 Å². The Labute approximate surface area is 116 Å². The average Bonchev–Trinajstić information content (AvgIpc) is 2.77. The molecule has 0 atom stereocenters. The highest BCUT2D eigenvalue weighted by molar-refractivity contribution is 7.88. The van der Waals surface area contributed by atoms with Gasteiger partial charge in [-0.2, -0.15) is 0 Å². The molecule has 19 heavy (non-hydrogen) atoms. The quantitative estimate of drug-likeness (QED) is 0.744. The summed E-state index contributed by atoms with van der Waals surface area (Å²) in [5.41, 5.74) is 0. The van der Waals surface area contributed by atoms with Gasteiger partial charge in [-0.3, -0.25) is 0 Å². The standard InChI is InChI=1S/C13H24N2O3S/c1-11(2)6-5-9-14-10-12-7-8-13(18-12)19(16,17)15(3)4/h7-8,11,14H,5-6,9-10H2,1-4H3. The first-order valence-electron chi connectivity index (χ1n) is 6.56. The molecule has 0 amide bonds. The van der Waals surface area contributed by atoms with Crippen LogP contribution < -0.4 is 5.32 Å². The first-order valence-corrected chi connectivity index (χ1v) is 8.00. The van der Waals surface area contributed by atoms with Crippen molar-refractivity contribution in [3.8, 4) is 0 Å². The van der Waals surface area contributed by atoms with Gasteiger partial charge in [-0.1, -0.05) is 13.8 Å². The van der Waals surface area contributed by atoms with E-state index in [2.05, 4.69) is 19.2 Å². The maximum Gasteiger partial charge on any atom is 0.275 e. The molecule has 1 aromatic heterocycles. The Bertz CT molecular complexity index is 478. The zero-order chi connectivity index (χ0) is 14.5. The zero-order valence-corrected chi connectivity index (χ0v) is 13.0. The molecule has 0 radical (unpaired) electrons. The van der Waals surface area contributed by atoms with Crippen LogP contribution in [0.3, 0.4) is 0 Å². The van der Waals surface area contributed by atoms with Gasteiger partial charge >= 0.3 is 0 Å². The monoisotopic (exact) mass is 288 g/mol.